The zero-order valence-corrected chi connectivity index (χ0v) is 13.7. The number of nitrogens with one attached hydrogen (secondary N) is 1. The summed E-state index contributed by atoms with van der Waals surface area (Å²) in [5.41, 5.74) is 2.90. The molecular formula is C19H12ClN3O2. The Kier molecular flexibility index (Phi) is 3.91. The molecule has 1 amide bonds. The van der Waals surface area contributed by atoms with Gasteiger partial charge in [0.1, 0.15) is 11.2 Å². The molecule has 0 aliphatic carbocycles. The second-order valence-corrected chi connectivity index (χ2v) is 5.78. The minimum atomic E-state index is -0.299. The highest BCUT2D eigenvalue weighted by atomic mass is 35.5. The summed E-state index contributed by atoms with van der Waals surface area (Å²) in [5.74, 6) is 0.112. The van der Waals surface area contributed by atoms with E-state index in [1.165, 1.54) is 0 Å². The summed E-state index contributed by atoms with van der Waals surface area (Å²) in [6.07, 6.45) is 1.57. The van der Waals surface area contributed by atoms with Crippen LogP contribution in [0, 0.1) is 0 Å². The number of para-hydroxylation sites is 1. The molecule has 25 heavy (non-hydrogen) atoms. The lowest BCUT2D eigenvalue weighted by Gasteiger charge is -2.08. The van der Waals surface area contributed by atoms with E-state index in [2.05, 4.69) is 15.3 Å². The Balaban J connectivity index is 1.72. The first kappa shape index (κ1) is 15.4. The number of carbonyl (C=O) groups excluding carboxylic acids is 1. The molecule has 122 valence electrons. The number of hydrogen-bond donors (Lipinski definition) is 1. The van der Waals surface area contributed by atoms with E-state index in [-0.39, 0.29) is 5.91 Å². The van der Waals surface area contributed by atoms with Crippen LogP contribution >= 0.6 is 11.6 Å². The molecule has 0 fully saturated rings. The van der Waals surface area contributed by atoms with Crippen LogP contribution in [0.5, 0.6) is 0 Å². The van der Waals surface area contributed by atoms with Gasteiger partial charge in [0, 0.05) is 11.2 Å². The SMILES string of the molecule is O=C(Nc1ccccc1-c1nc2cc(Cl)ccc2o1)c1ccccn1. The zero-order chi connectivity index (χ0) is 17.2. The number of nitrogens with zero attached hydrogens (tertiary/aromatic N) is 2. The fourth-order valence-corrected chi connectivity index (χ4v) is 2.64. The molecule has 5 nitrogen and oxygen atoms in total. The van der Waals surface area contributed by atoms with Gasteiger partial charge in [-0.2, -0.15) is 0 Å². The van der Waals surface area contributed by atoms with Crippen molar-refractivity contribution in [1.82, 2.24) is 9.97 Å². The van der Waals surface area contributed by atoms with Crippen molar-refractivity contribution in [3.63, 3.8) is 0 Å². The second kappa shape index (κ2) is 6.37. The summed E-state index contributed by atoms with van der Waals surface area (Å²) >= 11 is 6.00. The number of carbonyl (C=O) groups is 1. The lowest BCUT2D eigenvalue weighted by Crippen LogP contribution is -2.13. The number of aromatic nitrogens is 2. The van der Waals surface area contributed by atoms with Gasteiger partial charge in [-0.05, 0) is 42.5 Å². The number of oxazole rings is 1. The van der Waals surface area contributed by atoms with E-state index < -0.39 is 0 Å². The van der Waals surface area contributed by atoms with Crippen LogP contribution in [0.15, 0.2) is 71.3 Å². The van der Waals surface area contributed by atoms with Crippen LogP contribution in [0.1, 0.15) is 10.5 Å². The summed E-state index contributed by atoms with van der Waals surface area (Å²) in [5, 5.41) is 3.44. The maximum atomic E-state index is 12.4. The first-order chi connectivity index (χ1) is 12.2. The van der Waals surface area contributed by atoms with Crippen LogP contribution in [0.4, 0.5) is 5.69 Å². The smallest absolute Gasteiger partial charge is 0.274 e. The first-order valence-corrected chi connectivity index (χ1v) is 7.96. The maximum Gasteiger partial charge on any atom is 0.274 e. The van der Waals surface area contributed by atoms with Crippen molar-refractivity contribution < 1.29 is 9.21 Å². The van der Waals surface area contributed by atoms with Gasteiger partial charge in [0.05, 0.1) is 11.3 Å². The molecule has 2 aromatic carbocycles. The Labute approximate surface area is 148 Å². The highest BCUT2D eigenvalue weighted by molar-refractivity contribution is 6.31. The van der Waals surface area contributed by atoms with Crippen LogP contribution in [0.25, 0.3) is 22.6 Å². The molecule has 0 radical (unpaired) electrons. The number of pyridine rings is 1. The summed E-state index contributed by atoms with van der Waals surface area (Å²) in [6.45, 7) is 0. The van der Waals surface area contributed by atoms with Crippen molar-refractivity contribution >= 4 is 34.3 Å². The Morgan fingerprint density at radius 2 is 1.88 bits per heavy atom. The molecule has 0 saturated heterocycles. The van der Waals surface area contributed by atoms with Crippen LogP contribution in [-0.4, -0.2) is 15.9 Å². The fourth-order valence-electron chi connectivity index (χ4n) is 2.48. The van der Waals surface area contributed by atoms with Gasteiger partial charge in [-0.3, -0.25) is 9.78 Å². The first-order valence-electron chi connectivity index (χ1n) is 7.58. The van der Waals surface area contributed by atoms with E-state index >= 15 is 0 Å². The molecule has 0 aliphatic rings. The molecule has 2 heterocycles. The summed E-state index contributed by atoms with van der Waals surface area (Å²) in [7, 11) is 0. The number of rotatable bonds is 3. The van der Waals surface area contributed by atoms with E-state index in [0.29, 0.717) is 39.0 Å². The van der Waals surface area contributed by atoms with Crippen LogP contribution < -0.4 is 5.32 Å². The summed E-state index contributed by atoms with van der Waals surface area (Å²) in [4.78, 5) is 20.9. The monoisotopic (exact) mass is 349 g/mol. The molecule has 4 aromatic rings. The number of benzene rings is 2. The third-order valence-electron chi connectivity index (χ3n) is 3.65. The third kappa shape index (κ3) is 3.09. The minimum Gasteiger partial charge on any atom is -0.436 e. The largest absolute Gasteiger partial charge is 0.436 e. The predicted molar refractivity (Wildman–Crippen MR) is 96.6 cm³/mol. The van der Waals surface area contributed by atoms with Crippen molar-refractivity contribution in [2.24, 2.45) is 0 Å². The van der Waals surface area contributed by atoms with Gasteiger partial charge < -0.3 is 9.73 Å². The number of fused-ring (bicyclic) bond motifs is 1. The summed E-state index contributed by atoms with van der Waals surface area (Å²) < 4.78 is 5.80. The molecule has 0 spiro atoms. The molecule has 4 rings (SSSR count). The van der Waals surface area contributed by atoms with Crippen molar-refractivity contribution in [2.45, 2.75) is 0 Å². The number of amides is 1. The van der Waals surface area contributed by atoms with Crippen LogP contribution in [0.3, 0.4) is 0 Å². The quantitative estimate of drug-likeness (QED) is 0.577. The lowest BCUT2D eigenvalue weighted by atomic mass is 10.1. The van der Waals surface area contributed by atoms with Crippen molar-refractivity contribution in [3.8, 4) is 11.5 Å². The average Bonchev–Trinajstić information content (AvgIpc) is 3.06. The van der Waals surface area contributed by atoms with Gasteiger partial charge in [-0.15, -0.1) is 0 Å². The lowest BCUT2D eigenvalue weighted by molar-refractivity contribution is 0.102. The Bertz CT molecular complexity index is 1060. The number of halogens is 1. The molecule has 1 N–H and O–H groups in total. The van der Waals surface area contributed by atoms with E-state index in [0.717, 1.165) is 0 Å². The van der Waals surface area contributed by atoms with Gasteiger partial charge in [-0.25, -0.2) is 4.98 Å². The third-order valence-corrected chi connectivity index (χ3v) is 3.89. The topological polar surface area (TPSA) is 68.0 Å². The molecule has 6 heteroatoms. The van der Waals surface area contributed by atoms with E-state index in [1.54, 1.807) is 48.7 Å². The van der Waals surface area contributed by atoms with Crippen molar-refractivity contribution in [1.29, 1.82) is 0 Å². The zero-order valence-electron chi connectivity index (χ0n) is 12.9. The molecule has 0 atom stereocenters. The molecular weight excluding hydrogens is 338 g/mol. The summed E-state index contributed by atoms with van der Waals surface area (Å²) in [6, 6.07) is 17.7. The van der Waals surface area contributed by atoms with Crippen LogP contribution in [0.2, 0.25) is 5.02 Å². The number of anilines is 1. The minimum absolute atomic E-state index is 0.299. The molecule has 0 unspecified atom stereocenters. The maximum absolute atomic E-state index is 12.4. The van der Waals surface area contributed by atoms with Gasteiger partial charge in [0.25, 0.3) is 5.91 Å². The highest BCUT2D eigenvalue weighted by Gasteiger charge is 2.15. The molecule has 0 bridgehead atoms. The van der Waals surface area contributed by atoms with Crippen LogP contribution in [-0.2, 0) is 0 Å². The fraction of sp³-hybridized carbons (Fsp3) is 0. The standard InChI is InChI=1S/C19H12ClN3O2/c20-12-8-9-17-16(11-12)23-19(25-17)13-5-1-2-6-14(13)22-18(24)15-7-3-4-10-21-15/h1-11H,(H,22,24). The predicted octanol–water partition coefficient (Wildman–Crippen LogP) is 4.80. The van der Waals surface area contributed by atoms with Gasteiger partial charge in [-0.1, -0.05) is 29.8 Å². The highest BCUT2D eigenvalue weighted by Crippen LogP contribution is 2.31. The van der Waals surface area contributed by atoms with Gasteiger partial charge in [0.2, 0.25) is 5.89 Å². The number of hydrogen-bond acceptors (Lipinski definition) is 4. The molecule has 0 saturated carbocycles. The molecule has 0 aliphatic heterocycles. The Hall–Kier alpha value is -3.18. The Morgan fingerprint density at radius 3 is 2.72 bits per heavy atom. The van der Waals surface area contributed by atoms with Crippen molar-refractivity contribution in [3.05, 3.63) is 77.6 Å². The van der Waals surface area contributed by atoms with E-state index in [9.17, 15) is 4.79 Å². The van der Waals surface area contributed by atoms with Gasteiger partial charge in [0.15, 0.2) is 5.58 Å². The van der Waals surface area contributed by atoms with Gasteiger partial charge >= 0.3 is 0 Å². The molecule has 2 aromatic heterocycles. The normalized spacial score (nSPS) is 10.8. The second-order valence-electron chi connectivity index (χ2n) is 5.35. The van der Waals surface area contributed by atoms with Crippen molar-refractivity contribution in [2.75, 3.05) is 5.32 Å². The van der Waals surface area contributed by atoms with E-state index in [4.69, 9.17) is 16.0 Å². The average molecular weight is 350 g/mol. The Morgan fingerprint density at radius 1 is 1.04 bits per heavy atom. The van der Waals surface area contributed by atoms with E-state index in [1.807, 2.05) is 18.2 Å².